The molecule has 1 aromatic rings. The second-order valence-corrected chi connectivity index (χ2v) is 5.44. The van der Waals surface area contributed by atoms with Crippen LogP contribution in [0, 0.1) is 0 Å². The molecular weight excluding hydrogens is 212 g/mol. The number of sulfone groups is 1. The molecule has 0 aliphatic heterocycles. The molecule has 0 aliphatic carbocycles. The van der Waals surface area contributed by atoms with Gasteiger partial charge in [0.2, 0.25) is 0 Å². The first-order valence-corrected chi connectivity index (χ1v) is 6.59. The molecule has 0 saturated carbocycles. The summed E-state index contributed by atoms with van der Waals surface area (Å²) in [6.07, 6.45) is 1.42. The van der Waals surface area contributed by atoms with Gasteiger partial charge in [-0.05, 0) is 25.0 Å². The van der Waals surface area contributed by atoms with Crippen LogP contribution in [-0.2, 0) is 14.6 Å². The van der Waals surface area contributed by atoms with Crippen LogP contribution in [0.15, 0.2) is 35.2 Å². The topological polar surface area (TPSA) is 43.4 Å². The lowest BCUT2D eigenvalue weighted by Gasteiger charge is -2.03. The predicted octanol–water partition coefficient (Wildman–Crippen LogP) is 1.89. The van der Waals surface area contributed by atoms with Crippen molar-refractivity contribution in [2.75, 3.05) is 19.5 Å². The van der Waals surface area contributed by atoms with Gasteiger partial charge in [0.1, 0.15) is 0 Å². The van der Waals surface area contributed by atoms with E-state index in [1.165, 1.54) is 0 Å². The van der Waals surface area contributed by atoms with E-state index in [1.807, 2.05) is 6.07 Å². The van der Waals surface area contributed by atoms with Crippen LogP contribution >= 0.6 is 0 Å². The van der Waals surface area contributed by atoms with Crippen molar-refractivity contribution in [1.82, 2.24) is 0 Å². The highest BCUT2D eigenvalue weighted by molar-refractivity contribution is 7.91. The molecule has 1 rings (SSSR count). The van der Waals surface area contributed by atoms with E-state index in [1.54, 1.807) is 31.4 Å². The second kappa shape index (κ2) is 5.88. The van der Waals surface area contributed by atoms with Gasteiger partial charge >= 0.3 is 0 Å². The Kier molecular flexibility index (Phi) is 4.78. The third kappa shape index (κ3) is 4.01. The van der Waals surface area contributed by atoms with E-state index in [0.717, 1.165) is 6.42 Å². The molecule has 0 radical (unpaired) electrons. The van der Waals surface area contributed by atoms with Gasteiger partial charge in [0.25, 0.3) is 0 Å². The highest BCUT2D eigenvalue weighted by Crippen LogP contribution is 2.11. The Labute approximate surface area is 91.0 Å². The molecule has 4 heteroatoms. The average molecular weight is 228 g/mol. The molecule has 0 atom stereocenters. The summed E-state index contributed by atoms with van der Waals surface area (Å²) in [5, 5.41) is 0. The van der Waals surface area contributed by atoms with Crippen LogP contribution in [0.1, 0.15) is 12.8 Å². The van der Waals surface area contributed by atoms with Gasteiger partial charge < -0.3 is 4.74 Å². The molecular formula is C11H16O3S. The smallest absolute Gasteiger partial charge is 0.178 e. The standard InChI is InChI=1S/C11H16O3S/c1-14-9-5-6-10-15(12,13)11-7-3-2-4-8-11/h2-4,7-8H,5-6,9-10H2,1H3. The molecule has 0 fully saturated rings. The SMILES string of the molecule is COCCCCS(=O)(=O)c1ccccc1. The van der Waals surface area contributed by atoms with Crippen LogP contribution in [-0.4, -0.2) is 27.9 Å². The molecule has 84 valence electrons. The summed E-state index contributed by atoms with van der Waals surface area (Å²) in [7, 11) is -1.48. The first-order valence-electron chi connectivity index (χ1n) is 4.93. The van der Waals surface area contributed by atoms with Gasteiger partial charge in [0.15, 0.2) is 9.84 Å². The minimum Gasteiger partial charge on any atom is -0.385 e. The van der Waals surface area contributed by atoms with Gasteiger partial charge in [-0.25, -0.2) is 8.42 Å². The van der Waals surface area contributed by atoms with Gasteiger partial charge in [-0.15, -0.1) is 0 Å². The van der Waals surface area contributed by atoms with Crippen LogP contribution < -0.4 is 0 Å². The minimum absolute atomic E-state index is 0.195. The third-order valence-electron chi connectivity index (χ3n) is 2.11. The fourth-order valence-corrected chi connectivity index (χ4v) is 2.68. The molecule has 0 unspecified atom stereocenters. The number of benzene rings is 1. The first kappa shape index (κ1) is 12.2. The molecule has 0 aliphatic rings. The van der Waals surface area contributed by atoms with Gasteiger partial charge in [0, 0.05) is 13.7 Å². The van der Waals surface area contributed by atoms with Crippen molar-refractivity contribution < 1.29 is 13.2 Å². The zero-order valence-electron chi connectivity index (χ0n) is 8.85. The largest absolute Gasteiger partial charge is 0.385 e. The summed E-state index contributed by atoms with van der Waals surface area (Å²) >= 11 is 0. The first-order chi connectivity index (χ1) is 7.17. The van der Waals surface area contributed by atoms with E-state index in [4.69, 9.17) is 4.74 Å². The van der Waals surface area contributed by atoms with E-state index < -0.39 is 9.84 Å². The summed E-state index contributed by atoms with van der Waals surface area (Å²) in [4.78, 5) is 0.405. The monoisotopic (exact) mass is 228 g/mol. The molecule has 0 amide bonds. The molecule has 0 N–H and O–H groups in total. The number of hydrogen-bond acceptors (Lipinski definition) is 3. The molecule has 15 heavy (non-hydrogen) atoms. The van der Waals surface area contributed by atoms with Crippen LogP contribution in [0.4, 0.5) is 0 Å². The number of unbranched alkanes of at least 4 members (excludes halogenated alkanes) is 1. The van der Waals surface area contributed by atoms with E-state index in [2.05, 4.69) is 0 Å². The van der Waals surface area contributed by atoms with Crippen molar-refractivity contribution in [1.29, 1.82) is 0 Å². The molecule has 1 aromatic carbocycles. The quantitative estimate of drug-likeness (QED) is 0.698. The lowest BCUT2D eigenvalue weighted by molar-refractivity contribution is 0.194. The Morgan fingerprint density at radius 3 is 2.40 bits per heavy atom. The summed E-state index contributed by atoms with van der Waals surface area (Å²) < 4.78 is 28.4. The van der Waals surface area contributed by atoms with Gasteiger partial charge in [0.05, 0.1) is 10.6 Å². The predicted molar refractivity (Wildman–Crippen MR) is 59.6 cm³/mol. The van der Waals surface area contributed by atoms with Crippen molar-refractivity contribution >= 4 is 9.84 Å². The Morgan fingerprint density at radius 1 is 1.13 bits per heavy atom. The zero-order valence-corrected chi connectivity index (χ0v) is 9.66. The molecule has 0 heterocycles. The zero-order chi connectivity index (χ0) is 11.1. The van der Waals surface area contributed by atoms with Crippen LogP contribution in [0.3, 0.4) is 0 Å². The van der Waals surface area contributed by atoms with Crippen molar-refractivity contribution in [2.24, 2.45) is 0 Å². The minimum atomic E-state index is -3.10. The average Bonchev–Trinajstić information content (AvgIpc) is 2.26. The van der Waals surface area contributed by atoms with Crippen LogP contribution in [0.2, 0.25) is 0 Å². The Bertz CT molecular complexity index is 370. The highest BCUT2D eigenvalue weighted by Gasteiger charge is 2.12. The molecule has 0 saturated heterocycles. The maximum atomic E-state index is 11.8. The van der Waals surface area contributed by atoms with Crippen LogP contribution in [0.25, 0.3) is 0 Å². The van der Waals surface area contributed by atoms with E-state index in [-0.39, 0.29) is 5.75 Å². The molecule has 3 nitrogen and oxygen atoms in total. The Morgan fingerprint density at radius 2 is 1.80 bits per heavy atom. The summed E-state index contributed by atoms with van der Waals surface area (Å²) in [6.45, 7) is 0.615. The normalized spacial score (nSPS) is 11.5. The highest BCUT2D eigenvalue weighted by atomic mass is 32.2. The van der Waals surface area contributed by atoms with Crippen molar-refractivity contribution in [3.8, 4) is 0 Å². The molecule has 0 aromatic heterocycles. The number of hydrogen-bond donors (Lipinski definition) is 0. The number of rotatable bonds is 6. The second-order valence-electron chi connectivity index (χ2n) is 3.33. The number of ether oxygens (including phenoxy) is 1. The van der Waals surface area contributed by atoms with Crippen molar-refractivity contribution in [2.45, 2.75) is 17.7 Å². The van der Waals surface area contributed by atoms with Gasteiger partial charge in [-0.2, -0.15) is 0 Å². The van der Waals surface area contributed by atoms with Crippen molar-refractivity contribution in [3.05, 3.63) is 30.3 Å². The van der Waals surface area contributed by atoms with Crippen molar-refractivity contribution in [3.63, 3.8) is 0 Å². The number of methoxy groups -OCH3 is 1. The Balaban J connectivity index is 2.53. The van der Waals surface area contributed by atoms with Crippen LogP contribution in [0.5, 0.6) is 0 Å². The summed E-state index contributed by atoms with van der Waals surface area (Å²) in [5.41, 5.74) is 0. The fourth-order valence-electron chi connectivity index (χ4n) is 1.28. The van der Waals surface area contributed by atoms with E-state index in [0.29, 0.717) is 17.9 Å². The summed E-state index contributed by atoms with van der Waals surface area (Å²) in [5.74, 6) is 0.195. The lowest BCUT2D eigenvalue weighted by Crippen LogP contribution is -2.07. The van der Waals surface area contributed by atoms with Gasteiger partial charge in [-0.1, -0.05) is 18.2 Å². The molecule has 0 bridgehead atoms. The lowest BCUT2D eigenvalue weighted by atomic mass is 10.4. The van der Waals surface area contributed by atoms with Gasteiger partial charge in [-0.3, -0.25) is 0 Å². The maximum absolute atomic E-state index is 11.8. The molecule has 0 spiro atoms. The van der Waals surface area contributed by atoms with E-state index in [9.17, 15) is 8.42 Å². The Hall–Kier alpha value is -0.870. The third-order valence-corrected chi connectivity index (χ3v) is 3.93. The summed E-state index contributed by atoms with van der Waals surface area (Å²) in [6, 6.07) is 8.55. The maximum Gasteiger partial charge on any atom is 0.178 e. The fraction of sp³-hybridized carbons (Fsp3) is 0.455. The van der Waals surface area contributed by atoms with E-state index >= 15 is 0 Å².